The molecule has 3 aromatic rings. The summed E-state index contributed by atoms with van der Waals surface area (Å²) in [6.45, 7) is 0.232. The van der Waals surface area contributed by atoms with Gasteiger partial charge in [-0.1, -0.05) is 11.8 Å². The molecular weight excluding hydrogens is 348 g/mol. The minimum Gasteiger partial charge on any atom is -0.447 e. The molecule has 2 N–H and O–H groups in total. The molecular formula is C17H13F2N3O2S. The molecule has 0 aliphatic rings. The molecule has 8 heteroatoms. The van der Waals surface area contributed by atoms with Crippen LogP contribution in [0.3, 0.4) is 0 Å². The number of nitrogens with zero attached hydrogens (tertiary/aromatic N) is 1. The Morgan fingerprint density at radius 1 is 1.08 bits per heavy atom. The molecule has 2 amide bonds. The zero-order valence-electron chi connectivity index (χ0n) is 12.8. The summed E-state index contributed by atoms with van der Waals surface area (Å²) in [4.78, 5) is 17.0. The minimum atomic E-state index is -0.883. The Morgan fingerprint density at radius 3 is 2.52 bits per heavy atom. The Labute approximate surface area is 146 Å². The van der Waals surface area contributed by atoms with Crippen LogP contribution < -0.4 is 10.6 Å². The van der Waals surface area contributed by atoms with Crippen molar-refractivity contribution in [2.75, 3.05) is 5.32 Å². The van der Waals surface area contributed by atoms with Crippen molar-refractivity contribution >= 4 is 23.5 Å². The number of benzene rings is 2. The van der Waals surface area contributed by atoms with Gasteiger partial charge in [0.05, 0.1) is 12.7 Å². The molecule has 0 unspecified atom stereocenters. The van der Waals surface area contributed by atoms with Gasteiger partial charge in [0.25, 0.3) is 0 Å². The van der Waals surface area contributed by atoms with Gasteiger partial charge in [-0.25, -0.2) is 18.6 Å². The third-order valence-electron chi connectivity index (χ3n) is 3.15. The Morgan fingerprint density at radius 2 is 1.84 bits per heavy atom. The molecule has 1 aromatic heterocycles. The van der Waals surface area contributed by atoms with Crippen LogP contribution in [0.4, 0.5) is 19.3 Å². The van der Waals surface area contributed by atoms with Gasteiger partial charge >= 0.3 is 6.03 Å². The van der Waals surface area contributed by atoms with Crippen molar-refractivity contribution < 1.29 is 18.0 Å². The smallest absolute Gasteiger partial charge is 0.319 e. The summed E-state index contributed by atoms with van der Waals surface area (Å²) in [6, 6.07) is 10.3. The van der Waals surface area contributed by atoms with Crippen molar-refractivity contribution in [1.82, 2.24) is 10.3 Å². The van der Waals surface area contributed by atoms with Crippen LogP contribution in [-0.4, -0.2) is 11.0 Å². The van der Waals surface area contributed by atoms with Gasteiger partial charge in [0.2, 0.25) is 0 Å². The first-order valence-corrected chi connectivity index (χ1v) is 8.07. The number of nitrogens with one attached hydrogen (secondary N) is 2. The summed E-state index contributed by atoms with van der Waals surface area (Å²) in [6.07, 6.45) is 2.81. The van der Waals surface area contributed by atoms with E-state index in [4.69, 9.17) is 4.42 Å². The van der Waals surface area contributed by atoms with Crippen LogP contribution in [0.25, 0.3) is 0 Å². The summed E-state index contributed by atoms with van der Waals surface area (Å²) in [5.74, 6) is -1.21. The highest BCUT2D eigenvalue weighted by Gasteiger charge is 2.06. The number of anilines is 1. The molecule has 0 aliphatic heterocycles. The average molecular weight is 361 g/mol. The summed E-state index contributed by atoms with van der Waals surface area (Å²) in [5, 5.41) is 5.31. The minimum absolute atomic E-state index is 0.232. The van der Waals surface area contributed by atoms with Crippen LogP contribution in [0.15, 0.2) is 69.3 Å². The zero-order valence-corrected chi connectivity index (χ0v) is 13.6. The molecule has 128 valence electrons. The fourth-order valence-corrected chi connectivity index (χ4v) is 2.80. The summed E-state index contributed by atoms with van der Waals surface area (Å²) < 4.78 is 31.2. The largest absolute Gasteiger partial charge is 0.447 e. The quantitative estimate of drug-likeness (QED) is 0.706. The molecule has 1 heterocycles. The molecule has 0 radical (unpaired) electrons. The third kappa shape index (κ3) is 4.80. The van der Waals surface area contributed by atoms with Crippen molar-refractivity contribution in [1.29, 1.82) is 0 Å². The van der Waals surface area contributed by atoms with Gasteiger partial charge in [-0.3, -0.25) is 0 Å². The molecule has 25 heavy (non-hydrogen) atoms. The average Bonchev–Trinajstić information content (AvgIpc) is 3.12. The van der Waals surface area contributed by atoms with Gasteiger partial charge in [0, 0.05) is 15.5 Å². The first-order valence-electron chi connectivity index (χ1n) is 7.25. The van der Waals surface area contributed by atoms with Crippen LogP contribution in [-0.2, 0) is 6.54 Å². The Bertz CT molecular complexity index is 855. The first-order chi connectivity index (χ1) is 12.1. The van der Waals surface area contributed by atoms with E-state index in [1.807, 2.05) is 0 Å². The normalized spacial score (nSPS) is 10.5. The zero-order chi connectivity index (χ0) is 17.6. The van der Waals surface area contributed by atoms with E-state index in [1.165, 1.54) is 30.4 Å². The lowest BCUT2D eigenvalue weighted by Gasteiger charge is -2.07. The lowest BCUT2D eigenvalue weighted by Crippen LogP contribution is -2.27. The number of urea groups is 1. The molecule has 5 nitrogen and oxygen atoms in total. The summed E-state index contributed by atoms with van der Waals surface area (Å²) in [7, 11) is 0. The maximum absolute atomic E-state index is 13.2. The number of hydrogen-bond donors (Lipinski definition) is 2. The van der Waals surface area contributed by atoms with Crippen molar-refractivity contribution in [2.24, 2.45) is 0 Å². The molecule has 0 aliphatic carbocycles. The highest BCUT2D eigenvalue weighted by atomic mass is 32.2. The van der Waals surface area contributed by atoms with E-state index >= 15 is 0 Å². The van der Waals surface area contributed by atoms with Crippen molar-refractivity contribution in [2.45, 2.75) is 16.3 Å². The highest BCUT2D eigenvalue weighted by molar-refractivity contribution is 7.99. The number of rotatable bonds is 5. The van der Waals surface area contributed by atoms with Crippen LogP contribution in [0, 0.1) is 11.6 Å². The molecule has 0 fully saturated rings. The van der Waals surface area contributed by atoms with E-state index < -0.39 is 11.6 Å². The second-order valence-corrected chi connectivity index (χ2v) is 6.12. The predicted molar refractivity (Wildman–Crippen MR) is 89.3 cm³/mol. The lowest BCUT2D eigenvalue weighted by molar-refractivity contribution is 0.251. The molecule has 0 bridgehead atoms. The first kappa shape index (κ1) is 17.0. The van der Waals surface area contributed by atoms with Crippen LogP contribution in [0.2, 0.25) is 0 Å². The van der Waals surface area contributed by atoms with Gasteiger partial charge < -0.3 is 15.1 Å². The second-order valence-electron chi connectivity index (χ2n) is 4.98. The Balaban J connectivity index is 1.54. The summed E-state index contributed by atoms with van der Waals surface area (Å²) >= 11 is 1.29. The number of halogens is 2. The molecule has 2 aromatic carbocycles. The van der Waals surface area contributed by atoms with E-state index in [0.29, 0.717) is 16.3 Å². The maximum atomic E-state index is 13.2. The second kappa shape index (κ2) is 7.80. The van der Waals surface area contributed by atoms with Crippen LogP contribution in [0.5, 0.6) is 0 Å². The number of carbonyl (C=O) groups is 1. The molecule has 3 rings (SSSR count). The Hall–Kier alpha value is -2.87. The SMILES string of the molecule is O=C(NCc1cnco1)Nc1ccc(Sc2ccc(F)c(F)c2)cc1. The van der Waals surface area contributed by atoms with E-state index in [-0.39, 0.29) is 12.6 Å². The topological polar surface area (TPSA) is 67.2 Å². The van der Waals surface area contributed by atoms with Gasteiger partial charge in [-0.05, 0) is 42.5 Å². The van der Waals surface area contributed by atoms with Crippen molar-refractivity contribution in [3.05, 3.63) is 72.4 Å². The van der Waals surface area contributed by atoms with Gasteiger partial charge in [0.15, 0.2) is 18.0 Å². The Kier molecular flexibility index (Phi) is 5.30. The van der Waals surface area contributed by atoms with E-state index in [2.05, 4.69) is 15.6 Å². The van der Waals surface area contributed by atoms with E-state index in [0.717, 1.165) is 17.0 Å². The predicted octanol–water partition coefficient (Wildman–Crippen LogP) is 4.43. The number of carbonyl (C=O) groups excluding carboxylic acids is 1. The third-order valence-corrected chi connectivity index (χ3v) is 4.14. The maximum Gasteiger partial charge on any atom is 0.319 e. The van der Waals surface area contributed by atoms with Crippen molar-refractivity contribution in [3.63, 3.8) is 0 Å². The highest BCUT2D eigenvalue weighted by Crippen LogP contribution is 2.29. The fourth-order valence-electron chi connectivity index (χ4n) is 1.95. The summed E-state index contributed by atoms with van der Waals surface area (Å²) in [5.41, 5.74) is 0.602. The molecule has 0 atom stereocenters. The van der Waals surface area contributed by atoms with Crippen molar-refractivity contribution in [3.8, 4) is 0 Å². The standard InChI is InChI=1S/C17H13F2N3O2S/c18-15-6-5-14(7-16(15)19)25-13-3-1-11(2-4-13)22-17(23)21-9-12-8-20-10-24-12/h1-8,10H,9H2,(H2,21,22,23). The number of hydrogen-bond acceptors (Lipinski definition) is 4. The number of amides is 2. The van der Waals surface area contributed by atoms with E-state index in [9.17, 15) is 13.6 Å². The molecule has 0 saturated heterocycles. The van der Waals surface area contributed by atoms with Crippen LogP contribution >= 0.6 is 11.8 Å². The number of aromatic nitrogens is 1. The van der Waals surface area contributed by atoms with E-state index in [1.54, 1.807) is 24.3 Å². The van der Waals surface area contributed by atoms with Gasteiger partial charge in [0.1, 0.15) is 5.76 Å². The number of oxazole rings is 1. The lowest BCUT2D eigenvalue weighted by atomic mass is 10.3. The monoisotopic (exact) mass is 361 g/mol. The van der Waals surface area contributed by atoms with Gasteiger partial charge in [-0.15, -0.1) is 0 Å². The van der Waals surface area contributed by atoms with Crippen LogP contribution in [0.1, 0.15) is 5.76 Å². The van der Waals surface area contributed by atoms with Gasteiger partial charge in [-0.2, -0.15) is 0 Å². The molecule has 0 spiro atoms. The molecule has 0 saturated carbocycles. The fraction of sp³-hybridized carbons (Fsp3) is 0.0588.